The van der Waals surface area contributed by atoms with Gasteiger partial charge in [0.05, 0.1) is 13.0 Å². The minimum Gasteiger partial charge on any atom is -0.497 e. The summed E-state index contributed by atoms with van der Waals surface area (Å²) in [6.07, 6.45) is 5.45. The topological polar surface area (TPSA) is 55.8 Å². The van der Waals surface area contributed by atoms with E-state index in [0.29, 0.717) is 34.6 Å². The van der Waals surface area contributed by atoms with Crippen LogP contribution in [-0.4, -0.2) is 18.2 Å². The first-order valence-corrected chi connectivity index (χ1v) is 13.8. The highest BCUT2D eigenvalue weighted by Crippen LogP contribution is 2.62. The molecule has 0 aromatic heterocycles. The number of benzene rings is 3. The van der Waals surface area contributed by atoms with Crippen LogP contribution in [-0.2, 0) is 23.2 Å². The Balaban J connectivity index is 1.34. The number of carboxylic acids is 1. The van der Waals surface area contributed by atoms with Gasteiger partial charge in [0.25, 0.3) is 0 Å². The van der Waals surface area contributed by atoms with Gasteiger partial charge in [-0.25, -0.2) is 8.78 Å². The predicted molar refractivity (Wildman–Crippen MR) is 145 cm³/mol. The highest BCUT2D eigenvalue weighted by atomic mass is 19.1. The van der Waals surface area contributed by atoms with Gasteiger partial charge < -0.3 is 14.6 Å². The van der Waals surface area contributed by atoms with Gasteiger partial charge >= 0.3 is 5.97 Å². The Labute approximate surface area is 228 Å². The second kappa shape index (κ2) is 9.35. The molecule has 6 rings (SSSR count). The average molecular weight is 533 g/mol. The molecule has 39 heavy (non-hydrogen) atoms. The van der Waals surface area contributed by atoms with E-state index in [4.69, 9.17) is 9.47 Å². The summed E-state index contributed by atoms with van der Waals surface area (Å²) in [6, 6.07) is 13.7. The SMILES string of the molecule is COc1ccc(F)c(-c2cc(F)c(COc3ccc4c(c3)[C@]3(CC4)C[C@H]3C(=O)O)cc2[C@H]2CCCC2(C)C)c1. The number of methoxy groups -OCH3 is 1. The molecule has 0 amide bonds. The molecular weight excluding hydrogens is 498 g/mol. The van der Waals surface area contributed by atoms with Gasteiger partial charge in [-0.2, -0.15) is 0 Å². The number of aliphatic carboxylic acids is 1. The molecule has 3 aromatic rings. The summed E-state index contributed by atoms with van der Waals surface area (Å²) in [5.74, 6) is -0.664. The van der Waals surface area contributed by atoms with Crippen molar-refractivity contribution in [3.8, 4) is 22.6 Å². The maximum Gasteiger partial charge on any atom is 0.307 e. The minimum atomic E-state index is -0.744. The maximum absolute atomic E-state index is 15.6. The third-order valence-electron chi connectivity index (χ3n) is 9.54. The third kappa shape index (κ3) is 4.38. The number of carbonyl (C=O) groups is 1. The number of ether oxygens (including phenoxy) is 2. The van der Waals surface area contributed by atoms with Crippen molar-refractivity contribution in [1.29, 1.82) is 0 Å². The Hall–Kier alpha value is -3.41. The molecule has 0 bridgehead atoms. The van der Waals surface area contributed by atoms with E-state index in [2.05, 4.69) is 13.8 Å². The Morgan fingerprint density at radius 1 is 1.00 bits per heavy atom. The molecule has 0 radical (unpaired) electrons. The van der Waals surface area contributed by atoms with E-state index in [1.54, 1.807) is 12.1 Å². The van der Waals surface area contributed by atoms with E-state index in [1.807, 2.05) is 24.3 Å². The van der Waals surface area contributed by atoms with Crippen molar-refractivity contribution in [1.82, 2.24) is 0 Å². The lowest BCUT2D eigenvalue weighted by atomic mass is 9.75. The lowest BCUT2D eigenvalue weighted by molar-refractivity contribution is -0.139. The van der Waals surface area contributed by atoms with E-state index in [9.17, 15) is 9.90 Å². The van der Waals surface area contributed by atoms with Crippen LogP contribution in [0, 0.1) is 23.0 Å². The molecular formula is C33H34F2O4. The number of aryl methyl sites for hydroxylation is 1. The largest absolute Gasteiger partial charge is 0.497 e. The van der Waals surface area contributed by atoms with Crippen LogP contribution in [0.5, 0.6) is 11.5 Å². The summed E-state index contributed by atoms with van der Waals surface area (Å²) in [5.41, 5.74) is 4.19. The predicted octanol–water partition coefficient (Wildman–Crippen LogP) is 7.80. The van der Waals surface area contributed by atoms with Crippen LogP contribution in [0.15, 0.2) is 48.5 Å². The monoisotopic (exact) mass is 532 g/mol. The number of fused-ring (bicyclic) bond motifs is 2. The van der Waals surface area contributed by atoms with E-state index in [1.165, 1.54) is 24.8 Å². The summed E-state index contributed by atoms with van der Waals surface area (Å²) in [5, 5.41) is 9.56. The van der Waals surface area contributed by atoms with Gasteiger partial charge in [-0.1, -0.05) is 26.3 Å². The lowest BCUT2D eigenvalue weighted by Crippen LogP contribution is -2.17. The van der Waals surface area contributed by atoms with Gasteiger partial charge in [-0.05, 0) is 108 Å². The fourth-order valence-electron chi connectivity index (χ4n) is 7.19. The molecule has 2 fully saturated rings. The Kier molecular flexibility index (Phi) is 6.20. The summed E-state index contributed by atoms with van der Waals surface area (Å²) in [4.78, 5) is 11.6. The zero-order chi connectivity index (χ0) is 27.5. The molecule has 1 N–H and O–H groups in total. The normalized spacial score (nSPS) is 24.5. The minimum absolute atomic E-state index is 0.000697. The molecule has 0 aliphatic heterocycles. The van der Waals surface area contributed by atoms with Crippen molar-refractivity contribution >= 4 is 5.97 Å². The summed E-state index contributed by atoms with van der Waals surface area (Å²) in [6.45, 7) is 4.47. The molecule has 0 saturated heterocycles. The molecule has 6 heteroatoms. The molecule has 3 aromatic carbocycles. The summed E-state index contributed by atoms with van der Waals surface area (Å²) >= 11 is 0. The highest BCUT2D eigenvalue weighted by Gasteiger charge is 2.61. The molecule has 1 spiro atoms. The Morgan fingerprint density at radius 3 is 2.49 bits per heavy atom. The molecule has 204 valence electrons. The van der Waals surface area contributed by atoms with Gasteiger partial charge in [0.2, 0.25) is 0 Å². The lowest BCUT2D eigenvalue weighted by Gasteiger charge is -2.30. The van der Waals surface area contributed by atoms with Gasteiger partial charge in [-0.3, -0.25) is 4.79 Å². The zero-order valence-electron chi connectivity index (χ0n) is 22.7. The number of halogens is 2. The maximum atomic E-state index is 15.6. The molecule has 3 aliphatic rings. The van der Waals surface area contributed by atoms with E-state index >= 15 is 8.78 Å². The number of rotatable bonds is 7. The Morgan fingerprint density at radius 2 is 1.79 bits per heavy atom. The molecule has 0 heterocycles. The van der Waals surface area contributed by atoms with E-state index < -0.39 is 17.6 Å². The van der Waals surface area contributed by atoms with Crippen LogP contribution < -0.4 is 9.47 Å². The fraction of sp³-hybridized carbons (Fsp3) is 0.424. The number of hydrogen-bond acceptors (Lipinski definition) is 3. The molecule has 3 atom stereocenters. The first kappa shape index (κ1) is 25.8. The van der Waals surface area contributed by atoms with Gasteiger partial charge in [0.15, 0.2) is 0 Å². The van der Waals surface area contributed by atoms with Crippen molar-refractivity contribution in [2.45, 2.75) is 70.3 Å². The highest BCUT2D eigenvalue weighted by molar-refractivity contribution is 5.78. The second-order valence-electron chi connectivity index (χ2n) is 12.2. The molecule has 4 nitrogen and oxygen atoms in total. The van der Waals surface area contributed by atoms with Crippen LogP contribution in [0.1, 0.15) is 74.1 Å². The number of carboxylic acid groups (broad SMARTS) is 1. The smallest absolute Gasteiger partial charge is 0.307 e. The first-order chi connectivity index (χ1) is 18.6. The molecule has 3 aliphatic carbocycles. The van der Waals surface area contributed by atoms with Crippen molar-refractivity contribution < 1.29 is 28.2 Å². The van der Waals surface area contributed by atoms with Crippen molar-refractivity contribution in [2.24, 2.45) is 11.3 Å². The zero-order valence-corrected chi connectivity index (χ0v) is 22.7. The van der Waals surface area contributed by atoms with Crippen LogP contribution in [0.25, 0.3) is 11.1 Å². The fourth-order valence-corrected chi connectivity index (χ4v) is 7.19. The van der Waals surface area contributed by atoms with Gasteiger partial charge in [0.1, 0.15) is 29.7 Å². The van der Waals surface area contributed by atoms with E-state index in [-0.39, 0.29) is 29.3 Å². The molecule has 0 unspecified atom stereocenters. The summed E-state index contributed by atoms with van der Waals surface area (Å²) in [7, 11) is 1.53. The standard InChI is InChI=1S/C33H34F2O4/c1-32(2)11-4-5-26(32)24-13-20(30(35)16-23(24)25-14-21(38-3)8-9-29(25)34)18-39-22-7-6-19-10-12-33(27(19)15-22)17-28(33)31(36)37/h6-9,13-16,26,28H,4-5,10-12,17-18H2,1-3H3,(H,36,37)/t26-,28+,33+/m1/s1. The first-order valence-electron chi connectivity index (χ1n) is 13.8. The number of hydrogen-bond donors (Lipinski definition) is 1. The van der Waals surface area contributed by atoms with Crippen LogP contribution >= 0.6 is 0 Å². The van der Waals surface area contributed by atoms with Crippen LogP contribution in [0.4, 0.5) is 8.78 Å². The van der Waals surface area contributed by atoms with E-state index in [0.717, 1.165) is 43.2 Å². The van der Waals surface area contributed by atoms with Crippen molar-refractivity contribution in [2.75, 3.05) is 7.11 Å². The average Bonchev–Trinajstić information content (AvgIpc) is 3.40. The van der Waals surface area contributed by atoms with Crippen molar-refractivity contribution in [3.05, 3.63) is 82.4 Å². The summed E-state index contributed by atoms with van der Waals surface area (Å²) < 4.78 is 42.1. The molecule has 2 saturated carbocycles. The third-order valence-corrected chi connectivity index (χ3v) is 9.54. The van der Waals surface area contributed by atoms with Crippen molar-refractivity contribution in [3.63, 3.8) is 0 Å². The van der Waals surface area contributed by atoms with Gasteiger partial charge in [0, 0.05) is 16.5 Å². The van der Waals surface area contributed by atoms with Crippen LogP contribution in [0.3, 0.4) is 0 Å². The van der Waals surface area contributed by atoms with Gasteiger partial charge in [-0.15, -0.1) is 0 Å². The Bertz CT molecular complexity index is 1460. The van der Waals surface area contributed by atoms with Crippen LogP contribution in [0.2, 0.25) is 0 Å². The second-order valence-corrected chi connectivity index (χ2v) is 12.2. The quantitative estimate of drug-likeness (QED) is 0.337.